The van der Waals surface area contributed by atoms with Gasteiger partial charge in [0, 0.05) is 13.0 Å². The fourth-order valence-corrected chi connectivity index (χ4v) is 6.20. The summed E-state index contributed by atoms with van der Waals surface area (Å²) in [7, 11) is -4.51. The zero-order valence-electron chi connectivity index (χ0n) is 31.0. The van der Waals surface area contributed by atoms with Gasteiger partial charge in [0.05, 0.1) is 26.4 Å². The molecule has 0 bridgehead atoms. The van der Waals surface area contributed by atoms with Gasteiger partial charge in [0.2, 0.25) is 0 Å². The minimum absolute atomic E-state index is 0.0500. The van der Waals surface area contributed by atoms with Gasteiger partial charge in [0.1, 0.15) is 12.2 Å². The first-order chi connectivity index (χ1) is 23.3. The summed E-state index contributed by atoms with van der Waals surface area (Å²) in [6.45, 7) is 3.50. The lowest BCUT2D eigenvalue weighted by molar-refractivity contribution is -0.154. The average Bonchev–Trinajstić information content (AvgIpc) is 3.07. The van der Waals surface area contributed by atoms with Crippen molar-refractivity contribution in [2.24, 2.45) is 0 Å². The molecule has 0 aromatic carbocycles. The maximum Gasteiger partial charge on any atom is 0.472 e. The van der Waals surface area contributed by atoms with Gasteiger partial charge in [-0.3, -0.25) is 13.8 Å². The molecule has 0 rings (SSSR count). The lowest BCUT2D eigenvalue weighted by Crippen LogP contribution is -2.29. The maximum absolute atomic E-state index is 12.5. The van der Waals surface area contributed by atoms with Crippen molar-refractivity contribution in [2.75, 3.05) is 33.0 Å². The summed E-state index contributed by atoms with van der Waals surface area (Å²) in [5.41, 5.74) is 0. The van der Waals surface area contributed by atoms with E-state index in [-0.39, 0.29) is 25.6 Å². The third-order valence-electron chi connectivity index (χ3n) is 8.45. The van der Waals surface area contributed by atoms with Crippen LogP contribution in [-0.2, 0) is 27.9 Å². The van der Waals surface area contributed by atoms with Gasteiger partial charge in [-0.05, 0) is 38.5 Å². The summed E-state index contributed by atoms with van der Waals surface area (Å²) < 4.78 is 33.2. The van der Waals surface area contributed by atoms with Gasteiger partial charge in [0.25, 0.3) is 0 Å². The van der Waals surface area contributed by atoms with Gasteiger partial charge in [-0.2, -0.15) is 0 Å². The highest BCUT2D eigenvalue weighted by molar-refractivity contribution is 7.47. The molecular formula is C38H75O9P. The van der Waals surface area contributed by atoms with E-state index in [4.69, 9.17) is 23.6 Å². The number of phosphoric acid groups is 1. The molecule has 3 N–H and O–H groups in total. The molecule has 0 aromatic rings. The molecule has 3 atom stereocenters. The summed E-state index contributed by atoms with van der Waals surface area (Å²) in [6.07, 6.45) is 33.0. The van der Waals surface area contributed by atoms with Crippen LogP contribution in [-0.4, -0.2) is 66.3 Å². The Kier molecular flexibility index (Phi) is 35.4. The van der Waals surface area contributed by atoms with Crippen molar-refractivity contribution in [1.82, 2.24) is 0 Å². The van der Waals surface area contributed by atoms with Crippen LogP contribution in [0.5, 0.6) is 0 Å². The van der Waals surface area contributed by atoms with Crippen molar-refractivity contribution in [2.45, 2.75) is 193 Å². The molecule has 0 saturated heterocycles. The first kappa shape index (κ1) is 47.2. The standard InChI is InChI=1S/C38H75O9P/c1-3-5-7-9-11-13-15-17-19-21-23-25-27-29-31-44-34-37(35-46-48(42,43)45-33-36(40)32-39)47-38(41)30-28-26-24-22-20-18-16-14-12-10-8-6-4-2/h13,15,36-37,39-40H,3-12,14,16-35H2,1-2H3,(H,42,43)/b15-13-. The number of phosphoric ester groups is 1. The molecule has 0 aliphatic rings. The van der Waals surface area contributed by atoms with Crippen LogP contribution in [0, 0.1) is 0 Å². The number of aliphatic hydroxyl groups is 2. The van der Waals surface area contributed by atoms with Gasteiger partial charge in [-0.25, -0.2) is 4.57 Å². The third-order valence-corrected chi connectivity index (χ3v) is 9.40. The molecule has 48 heavy (non-hydrogen) atoms. The smallest absolute Gasteiger partial charge is 0.457 e. The van der Waals surface area contributed by atoms with Crippen LogP contribution in [0.4, 0.5) is 0 Å². The van der Waals surface area contributed by atoms with Crippen molar-refractivity contribution in [3.63, 3.8) is 0 Å². The van der Waals surface area contributed by atoms with Crippen LogP contribution >= 0.6 is 7.82 Å². The maximum atomic E-state index is 12.5. The third kappa shape index (κ3) is 35.0. The molecule has 0 saturated carbocycles. The molecule has 286 valence electrons. The molecule has 0 aliphatic heterocycles. The zero-order chi connectivity index (χ0) is 35.4. The molecule has 0 aliphatic carbocycles. The van der Waals surface area contributed by atoms with E-state index in [0.29, 0.717) is 6.61 Å². The minimum atomic E-state index is -4.51. The predicted octanol–water partition coefficient (Wildman–Crippen LogP) is 10.1. The quantitative estimate of drug-likeness (QED) is 0.0248. The number of allylic oxidation sites excluding steroid dienone is 2. The average molecular weight is 707 g/mol. The number of carbonyl (C=O) groups excluding carboxylic acids is 1. The first-order valence-electron chi connectivity index (χ1n) is 19.7. The number of esters is 1. The molecule has 10 heteroatoms. The van der Waals surface area contributed by atoms with Gasteiger partial charge >= 0.3 is 13.8 Å². The Labute approximate surface area is 294 Å². The molecule has 0 aromatic heterocycles. The van der Waals surface area contributed by atoms with Gasteiger partial charge < -0.3 is 24.6 Å². The van der Waals surface area contributed by atoms with E-state index in [0.717, 1.165) is 44.9 Å². The predicted molar refractivity (Wildman–Crippen MR) is 196 cm³/mol. The van der Waals surface area contributed by atoms with Gasteiger partial charge in [-0.1, -0.05) is 148 Å². The number of hydrogen-bond acceptors (Lipinski definition) is 8. The SMILES string of the molecule is CCCCCC/C=C\CCCCCCCCOCC(COP(=O)(O)OCC(O)CO)OC(=O)CCCCCCCCCCCCCCC. The number of unbranched alkanes of at least 4 members (excludes halogenated alkanes) is 22. The largest absolute Gasteiger partial charge is 0.472 e. The fourth-order valence-electron chi connectivity index (χ4n) is 5.41. The monoisotopic (exact) mass is 707 g/mol. The van der Waals surface area contributed by atoms with E-state index < -0.39 is 33.2 Å². The molecule has 0 heterocycles. The topological polar surface area (TPSA) is 132 Å². The Bertz CT molecular complexity index is 764. The van der Waals surface area contributed by atoms with Gasteiger partial charge in [0.15, 0.2) is 0 Å². The van der Waals surface area contributed by atoms with Crippen LogP contribution in [0.15, 0.2) is 12.2 Å². The summed E-state index contributed by atoms with van der Waals surface area (Å²) >= 11 is 0. The molecular weight excluding hydrogens is 631 g/mol. The van der Waals surface area contributed by atoms with Crippen LogP contribution < -0.4 is 0 Å². The zero-order valence-corrected chi connectivity index (χ0v) is 31.9. The Hall–Kier alpha value is -0.800. The molecule has 9 nitrogen and oxygen atoms in total. The second kappa shape index (κ2) is 36.0. The summed E-state index contributed by atoms with van der Waals surface area (Å²) in [4.78, 5) is 22.5. The van der Waals surface area contributed by atoms with Gasteiger partial charge in [-0.15, -0.1) is 0 Å². The van der Waals surface area contributed by atoms with E-state index in [1.54, 1.807) is 0 Å². The highest BCUT2D eigenvalue weighted by atomic mass is 31.2. The van der Waals surface area contributed by atoms with E-state index in [9.17, 15) is 19.4 Å². The van der Waals surface area contributed by atoms with E-state index >= 15 is 0 Å². The number of aliphatic hydroxyl groups excluding tert-OH is 2. The Morgan fingerprint density at radius 3 is 1.58 bits per heavy atom. The molecule has 0 fully saturated rings. The van der Waals surface area contributed by atoms with Crippen molar-refractivity contribution in [3.05, 3.63) is 12.2 Å². The Balaban J connectivity index is 4.21. The Morgan fingerprint density at radius 2 is 1.06 bits per heavy atom. The number of ether oxygens (including phenoxy) is 2. The van der Waals surface area contributed by atoms with Crippen LogP contribution in [0.1, 0.15) is 181 Å². The molecule has 3 unspecified atom stereocenters. The highest BCUT2D eigenvalue weighted by Gasteiger charge is 2.26. The van der Waals surface area contributed by atoms with Crippen LogP contribution in [0.25, 0.3) is 0 Å². The second-order valence-corrected chi connectivity index (χ2v) is 14.8. The summed E-state index contributed by atoms with van der Waals surface area (Å²) in [5, 5.41) is 18.3. The van der Waals surface area contributed by atoms with Crippen molar-refractivity contribution < 1.29 is 43.0 Å². The Morgan fingerprint density at radius 1 is 0.625 bits per heavy atom. The molecule has 0 amide bonds. The van der Waals surface area contributed by atoms with Crippen molar-refractivity contribution in [1.29, 1.82) is 0 Å². The number of carbonyl (C=O) groups is 1. The van der Waals surface area contributed by atoms with Crippen LogP contribution in [0.3, 0.4) is 0 Å². The van der Waals surface area contributed by atoms with Crippen molar-refractivity contribution >= 4 is 13.8 Å². The molecule has 0 spiro atoms. The highest BCUT2D eigenvalue weighted by Crippen LogP contribution is 2.43. The lowest BCUT2D eigenvalue weighted by atomic mass is 10.0. The molecule has 0 radical (unpaired) electrons. The number of hydrogen-bond donors (Lipinski definition) is 3. The van der Waals surface area contributed by atoms with E-state index in [1.807, 2.05) is 0 Å². The van der Waals surface area contributed by atoms with Crippen molar-refractivity contribution in [3.8, 4) is 0 Å². The van der Waals surface area contributed by atoms with Crippen LogP contribution in [0.2, 0.25) is 0 Å². The first-order valence-corrected chi connectivity index (χ1v) is 21.2. The summed E-state index contributed by atoms with van der Waals surface area (Å²) in [6, 6.07) is 0. The normalized spacial score (nSPS) is 14.4. The summed E-state index contributed by atoms with van der Waals surface area (Å²) in [5.74, 6) is -0.383. The van der Waals surface area contributed by atoms with E-state index in [1.165, 1.54) is 116 Å². The van der Waals surface area contributed by atoms with E-state index in [2.05, 4.69) is 26.0 Å². The number of rotatable bonds is 38. The minimum Gasteiger partial charge on any atom is -0.457 e. The fraction of sp³-hybridized carbons (Fsp3) is 0.921. The lowest BCUT2D eigenvalue weighted by Gasteiger charge is -2.20. The second-order valence-electron chi connectivity index (χ2n) is 13.3.